The lowest BCUT2D eigenvalue weighted by Crippen LogP contribution is -2.23. The van der Waals surface area contributed by atoms with Crippen molar-refractivity contribution in [1.82, 2.24) is 10.2 Å². The van der Waals surface area contributed by atoms with Crippen molar-refractivity contribution < 1.29 is 14.3 Å². The molecule has 0 aliphatic carbocycles. The van der Waals surface area contributed by atoms with Crippen molar-refractivity contribution in [2.75, 3.05) is 34.9 Å². The van der Waals surface area contributed by atoms with Gasteiger partial charge >= 0.3 is 0 Å². The average Bonchev–Trinajstić information content (AvgIpc) is 2.46. The van der Waals surface area contributed by atoms with Crippen molar-refractivity contribution in [3.05, 3.63) is 23.8 Å². The summed E-state index contributed by atoms with van der Waals surface area (Å²) in [7, 11) is 6.99. The van der Waals surface area contributed by atoms with Gasteiger partial charge in [-0.2, -0.15) is 0 Å². The molecule has 1 unspecified atom stereocenters. The van der Waals surface area contributed by atoms with Gasteiger partial charge in [0.05, 0.1) is 20.1 Å². The Labute approximate surface area is 120 Å². The molecule has 5 nitrogen and oxygen atoms in total. The molecule has 1 rings (SSSR count). The SMILES string of the molecule is CNC(C)c1ccc(OCCC(=O)N(C)C)c(OC)c1. The van der Waals surface area contributed by atoms with Crippen molar-refractivity contribution >= 4 is 5.91 Å². The minimum atomic E-state index is 0.0457. The third kappa shape index (κ3) is 4.42. The first-order valence-electron chi connectivity index (χ1n) is 6.67. The Bertz CT molecular complexity index is 447. The zero-order chi connectivity index (χ0) is 15.1. The normalized spacial score (nSPS) is 11.8. The fourth-order valence-electron chi connectivity index (χ4n) is 1.71. The molecule has 5 heteroatoms. The molecule has 0 aliphatic heterocycles. The van der Waals surface area contributed by atoms with E-state index >= 15 is 0 Å². The minimum Gasteiger partial charge on any atom is -0.493 e. The van der Waals surface area contributed by atoms with Crippen LogP contribution in [0.15, 0.2) is 18.2 Å². The summed E-state index contributed by atoms with van der Waals surface area (Å²) in [5.41, 5.74) is 1.13. The number of nitrogens with zero attached hydrogens (tertiary/aromatic N) is 1. The molecule has 0 saturated carbocycles. The molecule has 1 amide bonds. The molecule has 1 N–H and O–H groups in total. The van der Waals surface area contributed by atoms with E-state index in [-0.39, 0.29) is 11.9 Å². The third-order valence-electron chi connectivity index (χ3n) is 3.19. The molecule has 0 aromatic heterocycles. The van der Waals surface area contributed by atoms with Gasteiger partial charge in [-0.15, -0.1) is 0 Å². The van der Waals surface area contributed by atoms with E-state index in [0.717, 1.165) is 5.56 Å². The van der Waals surface area contributed by atoms with E-state index in [0.29, 0.717) is 24.5 Å². The Morgan fingerprint density at radius 2 is 2.05 bits per heavy atom. The molecule has 0 aliphatic rings. The van der Waals surface area contributed by atoms with Gasteiger partial charge in [-0.1, -0.05) is 6.07 Å². The Kier molecular flexibility index (Phi) is 6.31. The second kappa shape index (κ2) is 7.75. The molecule has 0 saturated heterocycles. The van der Waals surface area contributed by atoms with Crippen molar-refractivity contribution in [3.8, 4) is 11.5 Å². The van der Waals surface area contributed by atoms with Crippen molar-refractivity contribution in [1.29, 1.82) is 0 Å². The predicted molar refractivity (Wildman–Crippen MR) is 79.3 cm³/mol. The monoisotopic (exact) mass is 280 g/mol. The average molecular weight is 280 g/mol. The summed E-state index contributed by atoms with van der Waals surface area (Å²) in [6.07, 6.45) is 0.352. The van der Waals surface area contributed by atoms with Crippen LogP contribution in [0.4, 0.5) is 0 Å². The standard InChI is InChI=1S/C15H24N2O3/c1-11(16-2)12-6-7-13(14(10-12)19-5)20-9-8-15(18)17(3)4/h6-7,10-11,16H,8-9H2,1-5H3. The fraction of sp³-hybridized carbons (Fsp3) is 0.533. The molecule has 0 radical (unpaired) electrons. The van der Waals surface area contributed by atoms with E-state index < -0.39 is 0 Å². The van der Waals surface area contributed by atoms with E-state index in [2.05, 4.69) is 12.2 Å². The number of carbonyl (C=O) groups is 1. The smallest absolute Gasteiger partial charge is 0.225 e. The topological polar surface area (TPSA) is 50.8 Å². The zero-order valence-electron chi connectivity index (χ0n) is 12.9. The second-order valence-corrected chi connectivity index (χ2v) is 4.81. The molecule has 0 heterocycles. The Balaban J connectivity index is 2.68. The minimum absolute atomic E-state index is 0.0457. The number of hydrogen-bond acceptors (Lipinski definition) is 4. The van der Waals surface area contributed by atoms with Crippen LogP contribution < -0.4 is 14.8 Å². The van der Waals surface area contributed by atoms with Crippen molar-refractivity contribution in [3.63, 3.8) is 0 Å². The van der Waals surface area contributed by atoms with Crippen LogP contribution in [0.3, 0.4) is 0 Å². The Morgan fingerprint density at radius 1 is 1.35 bits per heavy atom. The van der Waals surface area contributed by atoms with Gasteiger partial charge in [0.2, 0.25) is 5.91 Å². The Hall–Kier alpha value is -1.75. The molecular weight excluding hydrogens is 256 g/mol. The summed E-state index contributed by atoms with van der Waals surface area (Å²) >= 11 is 0. The summed E-state index contributed by atoms with van der Waals surface area (Å²) in [5.74, 6) is 1.39. The quantitative estimate of drug-likeness (QED) is 0.828. The third-order valence-corrected chi connectivity index (χ3v) is 3.19. The highest BCUT2D eigenvalue weighted by Gasteiger charge is 2.10. The Morgan fingerprint density at radius 3 is 2.60 bits per heavy atom. The van der Waals surface area contributed by atoms with Crippen LogP contribution in [-0.2, 0) is 4.79 Å². The highest BCUT2D eigenvalue weighted by Crippen LogP contribution is 2.30. The number of carbonyl (C=O) groups excluding carboxylic acids is 1. The largest absolute Gasteiger partial charge is 0.493 e. The molecule has 1 atom stereocenters. The van der Waals surface area contributed by atoms with Gasteiger partial charge in [-0.05, 0) is 31.7 Å². The molecular formula is C15H24N2O3. The molecule has 0 spiro atoms. The maximum absolute atomic E-state index is 11.5. The summed E-state index contributed by atoms with van der Waals surface area (Å²) in [5, 5.41) is 3.18. The van der Waals surface area contributed by atoms with Crippen molar-refractivity contribution in [2.24, 2.45) is 0 Å². The number of amides is 1. The van der Waals surface area contributed by atoms with Gasteiger partial charge in [0.25, 0.3) is 0 Å². The molecule has 0 bridgehead atoms. The van der Waals surface area contributed by atoms with Gasteiger partial charge in [-0.25, -0.2) is 0 Å². The van der Waals surface area contributed by atoms with Gasteiger partial charge in [-0.3, -0.25) is 4.79 Å². The fourth-order valence-corrected chi connectivity index (χ4v) is 1.71. The van der Waals surface area contributed by atoms with Crippen LogP contribution in [0.2, 0.25) is 0 Å². The number of benzene rings is 1. The lowest BCUT2D eigenvalue weighted by atomic mass is 10.1. The maximum Gasteiger partial charge on any atom is 0.225 e. The number of nitrogens with one attached hydrogen (secondary N) is 1. The van der Waals surface area contributed by atoms with E-state index in [1.165, 1.54) is 0 Å². The molecule has 20 heavy (non-hydrogen) atoms. The van der Waals surface area contributed by atoms with Gasteiger partial charge in [0, 0.05) is 20.1 Å². The van der Waals surface area contributed by atoms with Gasteiger partial charge < -0.3 is 19.7 Å². The molecule has 1 aromatic carbocycles. The number of methoxy groups -OCH3 is 1. The lowest BCUT2D eigenvalue weighted by Gasteiger charge is -2.16. The van der Waals surface area contributed by atoms with Crippen LogP contribution in [0, 0.1) is 0 Å². The van der Waals surface area contributed by atoms with Crippen LogP contribution in [0.25, 0.3) is 0 Å². The van der Waals surface area contributed by atoms with Crippen LogP contribution in [-0.4, -0.2) is 45.7 Å². The number of hydrogen-bond donors (Lipinski definition) is 1. The van der Waals surface area contributed by atoms with Crippen molar-refractivity contribution in [2.45, 2.75) is 19.4 Å². The van der Waals surface area contributed by atoms with E-state index in [4.69, 9.17) is 9.47 Å². The summed E-state index contributed by atoms with van der Waals surface area (Å²) < 4.78 is 11.0. The number of ether oxygens (including phenoxy) is 2. The maximum atomic E-state index is 11.5. The van der Waals surface area contributed by atoms with Crippen LogP contribution >= 0.6 is 0 Å². The van der Waals surface area contributed by atoms with Gasteiger partial charge in [0.15, 0.2) is 11.5 Å². The van der Waals surface area contributed by atoms with Crippen LogP contribution in [0.5, 0.6) is 11.5 Å². The predicted octanol–water partition coefficient (Wildman–Crippen LogP) is 1.83. The molecule has 0 fully saturated rings. The first kappa shape index (κ1) is 16.3. The summed E-state index contributed by atoms with van der Waals surface area (Å²) in [6.45, 7) is 2.42. The second-order valence-electron chi connectivity index (χ2n) is 4.81. The first-order valence-corrected chi connectivity index (χ1v) is 6.67. The molecule has 1 aromatic rings. The van der Waals surface area contributed by atoms with Gasteiger partial charge in [0.1, 0.15) is 0 Å². The molecule has 112 valence electrons. The number of rotatable bonds is 7. The highest BCUT2D eigenvalue weighted by atomic mass is 16.5. The van der Waals surface area contributed by atoms with E-state index in [1.54, 1.807) is 26.1 Å². The summed E-state index contributed by atoms with van der Waals surface area (Å²) in [6, 6.07) is 6.06. The lowest BCUT2D eigenvalue weighted by molar-refractivity contribution is -0.129. The zero-order valence-corrected chi connectivity index (χ0v) is 12.9. The van der Waals surface area contributed by atoms with Crippen LogP contribution in [0.1, 0.15) is 24.9 Å². The first-order chi connectivity index (χ1) is 9.49. The van der Waals surface area contributed by atoms with E-state index in [9.17, 15) is 4.79 Å². The highest BCUT2D eigenvalue weighted by molar-refractivity contribution is 5.75. The summed E-state index contributed by atoms with van der Waals surface area (Å²) in [4.78, 5) is 13.0. The van der Waals surface area contributed by atoms with E-state index in [1.807, 2.05) is 25.2 Å².